The van der Waals surface area contributed by atoms with Gasteiger partial charge in [0.05, 0.1) is 5.54 Å². The van der Waals surface area contributed by atoms with E-state index in [1.807, 2.05) is 0 Å². The van der Waals surface area contributed by atoms with E-state index in [1.54, 1.807) is 13.8 Å². The first-order chi connectivity index (χ1) is 12.9. The highest BCUT2D eigenvalue weighted by Crippen LogP contribution is 2.14. The number of hydrogen-bond acceptors (Lipinski definition) is 6. The number of hydrogen-bond donors (Lipinski definition) is 1. The molecule has 0 amide bonds. The third kappa shape index (κ3) is 12.0. The maximum absolute atomic E-state index is 10.3. The average Bonchev–Trinajstić information content (AvgIpc) is 2.63. The number of ether oxygens (including phenoxy) is 1. The molecule has 0 bridgehead atoms. The van der Waals surface area contributed by atoms with Crippen LogP contribution in [0.3, 0.4) is 0 Å². The van der Waals surface area contributed by atoms with Gasteiger partial charge in [-0.15, -0.1) is 12.8 Å². The lowest BCUT2D eigenvalue weighted by Gasteiger charge is -2.40. The van der Waals surface area contributed by atoms with Crippen LogP contribution in [-0.4, -0.2) is 98.3 Å². The molecule has 6 heteroatoms. The van der Waals surface area contributed by atoms with Gasteiger partial charge in [0.1, 0.15) is 0 Å². The van der Waals surface area contributed by atoms with Crippen LogP contribution in [0.4, 0.5) is 0 Å². The van der Waals surface area contributed by atoms with Crippen molar-refractivity contribution in [1.82, 2.24) is 20.0 Å². The van der Waals surface area contributed by atoms with E-state index in [-0.39, 0.29) is 11.5 Å². The Morgan fingerprint density at radius 2 is 1.36 bits per heavy atom. The molecule has 6 nitrogen and oxygen atoms in total. The van der Waals surface area contributed by atoms with E-state index in [0.29, 0.717) is 0 Å². The molecule has 2 aliphatic heterocycles. The summed E-state index contributed by atoms with van der Waals surface area (Å²) in [5, 5.41) is 3.27. The first kappa shape index (κ1) is 26.4. The van der Waals surface area contributed by atoms with Gasteiger partial charge in [-0.25, -0.2) is 0 Å². The van der Waals surface area contributed by atoms with E-state index < -0.39 is 5.60 Å². The number of likely N-dealkylation sites (N-methyl/N-ethyl adjacent to an activating group) is 2. The largest absolute Gasteiger partial charge is 0.447 e. The summed E-state index contributed by atoms with van der Waals surface area (Å²) in [7, 11) is 4.31. The number of nitrogens with one attached hydrogen (secondary N) is 1. The first-order valence-corrected chi connectivity index (χ1v) is 9.91. The fourth-order valence-electron chi connectivity index (χ4n) is 2.62. The van der Waals surface area contributed by atoms with Crippen molar-refractivity contribution in [3.63, 3.8) is 0 Å². The van der Waals surface area contributed by atoms with Crippen molar-refractivity contribution in [1.29, 1.82) is 0 Å². The SMILES string of the molecule is C#CC(C)(C)N1CCN(C)CC1.C#CC(C)(C)OC(C)=O.CN1CCNCC1. The Kier molecular flexibility index (Phi) is 12.1. The number of carbonyl (C=O) groups excluding carboxylic acids is 1. The summed E-state index contributed by atoms with van der Waals surface area (Å²) in [5.74, 6) is 4.81. The molecule has 0 aliphatic carbocycles. The maximum Gasteiger partial charge on any atom is 0.304 e. The monoisotopic (exact) mass is 392 g/mol. The van der Waals surface area contributed by atoms with Crippen molar-refractivity contribution in [3.05, 3.63) is 0 Å². The van der Waals surface area contributed by atoms with Gasteiger partial charge < -0.3 is 19.9 Å². The number of nitrogens with zero attached hydrogens (tertiary/aromatic N) is 3. The smallest absolute Gasteiger partial charge is 0.304 e. The van der Waals surface area contributed by atoms with Crippen LogP contribution >= 0.6 is 0 Å². The van der Waals surface area contributed by atoms with Crippen LogP contribution in [0.5, 0.6) is 0 Å². The Hall–Kier alpha value is -1.57. The van der Waals surface area contributed by atoms with Crippen LogP contribution in [0.25, 0.3) is 0 Å². The molecule has 0 saturated carbocycles. The van der Waals surface area contributed by atoms with E-state index in [9.17, 15) is 4.79 Å². The molecule has 2 aliphatic rings. The average molecular weight is 393 g/mol. The van der Waals surface area contributed by atoms with E-state index in [0.717, 1.165) is 39.3 Å². The molecule has 28 heavy (non-hydrogen) atoms. The van der Waals surface area contributed by atoms with Gasteiger partial charge in [0, 0.05) is 59.3 Å². The predicted octanol–water partition coefficient (Wildman–Crippen LogP) is 1.13. The Morgan fingerprint density at radius 1 is 0.893 bits per heavy atom. The van der Waals surface area contributed by atoms with E-state index in [2.05, 4.69) is 59.8 Å². The van der Waals surface area contributed by atoms with E-state index >= 15 is 0 Å². The standard InChI is InChI=1S/C10H18N2.C7H10O2.C5H12N2/c1-5-10(2,3)12-8-6-11(4)7-9-12;1-5-7(3,4)9-6(2)8;1-7-4-2-6-3-5-7/h1H,6-9H2,2-4H3;1H,2-4H3;6H,2-5H2,1H3. The molecule has 1 N–H and O–H groups in total. The first-order valence-electron chi connectivity index (χ1n) is 9.91. The van der Waals surface area contributed by atoms with Gasteiger partial charge in [0.25, 0.3) is 0 Å². The number of rotatable bonds is 2. The third-order valence-corrected chi connectivity index (χ3v) is 4.73. The lowest BCUT2D eigenvalue weighted by atomic mass is 10.0. The molecule has 0 spiro atoms. The zero-order chi connectivity index (χ0) is 21.8. The molecular weight excluding hydrogens is 352 g/mol. The summed E-state index contributed by atoms with van der Waals surface area (Å²) in [4.78, 5) is 17.3. The molecular formula is C22H40N4O2. The maximum atomic E-state index is 10.3. The summed E-state index contributed by atoms with van der Waals surface area (Å²) in [5.41, 5.74) is -0.826. The fourth-order valence-corrected chi connectivity index (χ4v) is 2.62. The second-order valence-electron chi connectivity index (χ2n) is 8.30. The van der Waals surface area contributed by atoms with Crippen molar-refractivity contribution in [2.75, 3.05) is 66.5 Å². The fraction of sp³-hybridized carbons (Fsp3) is 0.773. The van der Waals surface area contributed by atoms with Crippen LogP contribution in [-0.2, 0) is 9.53 Å². The van der Waals surface area contributed by atoms with Gasteiger partial charge in [0.15, 0.2) is 5.60 Å². The highest BCUT2D eigenvalue weighted by Gasteiger charge is 2.26. The molecule has 2 fully saturated rings. The topological polar surface area (TPSA) is 48.1 Å². The quantitative estimate of drug-likeness (QED) is 0.562. The van der Waals surface area contributed by atoms with E-state index in [1.165, 1.54) is 20.0 Å². The van der Waals surface area contributed by atoms with Gasteiger partial charge in [-0.3, -0.25) is 9.69 Å². The van der Waals surface area contributed by atoms with Crippen LogP contribution in [0.2, 0.25) is 0 Å². The van der Waals surface area contributed by atoms with Crippen LogP contribution in [0.1, 0.15) is 34.6 Å². The molecule has 0 radical (unpaired) electrons. The Balaban J connectivity index is 0.000000406. The van der Waals surface area contributed by atoms with Crippen LogP contribution < -0.4 is 5.32 Å². The second kappa shape index (κ2) is 12.8. The van der Waals surface area contributed by atoms with Crippen molar-refractivity contribution < 1.29 is 9.53 Å². The molecule has 0 atom stereocenters. The van der Waals surface area contributed by atoms with Gasteiger partial charge in [-0.05, 0) is 41.8 Å². The summed E-state index contributed by atoms with van der Waals surface area (Å²) in [6.45, 7) is 18.1. The minimum atomic E-state index is -0.758. The van der Waals surface area contributed by atoms with Crippen molar-refractivity contribution in [2.24, 2.45) is 0 Å². The number of terminal acetylenes is 2. The minimum absolute atomic E-state index is 0.0682. The van der Waals surface area contributed by atoms with Crippen LogP contribution in [0, 0.1) is 24.7 Å². The Labute approximate surface area is 173 Å². The molecule has 2 heterocycles. The molecule has 0 aromatic heterocycles. The lowest BCUT2D eigenvalue weighted by Crippen LogP contribution is -2.53. The zero-order valence-electron chi connectivity index (χ0n) is 19.0. The van der Waals surface area contributed by atoms with Crippen molar-refractivity contribution in [3.8, 4) is 24.7 Å². The summed E-state index contributed by atoms with van der Waals surface area (Å²) < 4.78 is 4.71. The molecule has 2 saturated heterocycles. The summed E-state index contributed by atoms with van der Waals surface area (Å²) in [6, 6.07) is 0. The van der Waals surface area contributed by atoms with E-state index in [4.69, 9.17) is 17.6 Å². The van der Waals surface area contributed by atoms with Gasteiger partial charge in [0.2, 0.25) is 0 Å². The highest BCUT2D eigenvalue weighted by molar-refractivity contribution is 5.66. The normalized spacial score (nSPS) is 19.0. The van der Waals surface area contributed by atoms with Gasteiger partial charge >= 0.3 is 5.97 Å². The second-order valence-corrected chi connectivity index (χ2v) is 8.30. The Bertz CT molecular complexity index is 532. The van der Waals surface area contributed by atoms with Crippen molar-refractivity contribution in [2.45, 2.75) is 45.8 Å². The van der Waals surface area contributed by atoms with Crippen LogP contribution in [0.15, 0.2) is 0 Å². The highest BCUT2D eigenvalue weighted by atomic mass is 16.6. The molecule has 0 aromatic carbocycles. The zero-order valence-corrected chi connectivity index (χ0v) is 19.0. The number of esters is 1. The number of carbonyl (C=O) groups is 1. The summed E-state index contributed by atoms with van der Waals surface area (Å²) >= 11 is 0. The minimum Gasteiger partial charge on any atom is -0.447 e. The number of piperazine rings is 2. The summed E-state index contributed by atoms with van der Waals surface area (Å²) in [6.07, 6.45) is 10.5. The third-order valence-electron chi connectivity index (χ3n) is 4.73. The molecule has 2 rings (SSSR count). The lowest BCUT2D eigenvalue weighted by molar-refractivity contribution is -0.148. The molecule has 160 valence electrons. The Morgan fingerprint density at radius 3 is 1.64 bits per heavy atom. The van der Waals surface area contributed by atoms with Gasteiger partial charge in [-0.1, -0.05) is 11.8 Å². The van der Waals surface area contributed by atoms with Gasteiger partial charge in [-0.2, -0.15) is 0 Å². The molecule has 0 aromatic rings. The predicted molar refractivity (Wildman–Crippen MR) is 117 cm³/mol. The van der Waals surface area contributed by atoms with Crippen molar-refractivity contribution >= 4 is 5.97 Å². The molecule has 0 unspecified atom stereocenters.